The fourth-order valence-corrected chi connectivity index (χ4v) is 5.51. The number of thiazole rings is 1. The molecular formula is C26H34N6O10S2. The van der Waals surface area contributed by atoms with E-state index in [4.69, 9.17) is 19.0 Å². The molecule has 0 spiro atoms. The van der Waals surface area contributed by atoms with Crippen LogP contribution in [-0.4, -0.2) is 94.1 Å². The zero-order valence-corrected chi connectivity index (χ0v) is 26.8. The highest BCUT2D eigenvalue weighted by Crippen LogP contribution is 2.37. The van der Waals surface area contributed by atoms with Gasteiger partial charge in [-0.05, 0) is 33.8 Å². The van der Waals surface area contributed by atoms with Gasteiger partial charge in [-0.3, -0.25) is 24.1 Å². The zero-order valence-electron chi connectivity index (χ0n) is 25.1. The SMILES string of the molecule is CO/N=C(\C(=O)N[C@@H]1C(=O)N2C(C(=O)OCOC(=O)C(C)C)=CCS[C@H]12)c1csc(NC(=O)[C@H](C)NC(=O)OC(C)(C)C)n1. The van der Waals surface area contributed by atoms with Crippen LogP contribution < -0.4 is 16.0 Å². The molecule has 0 aromatic carbocycles. The molecule has 4 amide bonds. The van der Waals surface area contributed by atoms with Crippen molar-refractivity contribution < 1.29 is 47.8 Å². The molecule has 3 rings (SSSR count). The maximum absolute atomic E-state index is 13.2. The van der Waals surface area contributed by atoms with Crippen molar-refractivity contribution >= 4 is 69.7 Å². The van der Waals surface area contributed by atoms with Gasteiger partial charge in [0.1, 0.15) is 41.6 Å². The first-order valence-electron chi connectivity index (χ1n) is 13.3. The van der Waals surface area contributed by atoms with Gasteiger partial charge in [0.05, 0.1) is 5.92 Å². The largest absolute Gasteiger partial charge is 0.444 e. The van der Waals surface area contributed by atoms with Gasteiger partial charge < -0.3 is 35.0 Å². The third kappa shape index (κ3) is 8.68. The molecule has 1 aromatic heterocycles. The zero-order chi connectivity index (χ0) is 32.8. The molecule has 0 aliphatic carbocycles. The molecule has 0 radical (unpaired) electrons. The van der Waals surface area contributed by atoms with Crippen LogP contribution in [0.5, 0.6) is 0 Å². The van der Waals surface area contributed by atoms with Crippen molar-refractivity contribution in [1.29, 1.82) is 0 Å². The monoisotopic (exact) mass is 654 g/mol. The number of nitrogens with zero attached hydrogens (tertiary/aromatic N) is 3. The number of ether oxygens (including phenoxy) is 3. The number of oxime groups is 1. The average Bonchev–Trinajstić information content (AvgIpc) is 3.40. The lowest BCUT2D eigenvalue weighted by Gasteiger charge is -2.48. The van der Waals surface area contributed by atoms with Crippen molar-refractivity contribution in [2.45, 2.75) is 64.6 Å². The lowest BCUT2D eigenvalue weighted by Crippen LogP contribution is -2.70. The van der Waals surface area contributed by atoms with E-state index in [0.717, 1.165) is 11.3 Å². The highest BCUT2D eigenvalue weighted by molar-refractivity contribution is 8.00. The molecule has 44 heavy (non-hydrogen) atoms. The third-order valence-corrected chi connectivity index (χ3v) is 7.65. The summed E-state index contributed by atoms with van der Waals surface area (Å²) in [7, 11) is 1.22. The Morgan fingerprint density at radius 1 is 1.16 bits per heavy atom. The summed E-state index contributed by atoms with van der Waals surface area (Å²) in [6.07, 6.45) is 0.745. The number of anilines is 1. The molecule has 1 fully saturated rings. The van der Waals surface area contributed by atoms with Gasteiger partial charge in [-0.25, -0.2) is 14.6 Å². The number of esters is 2. The maximum Gasteiger partial charge on any atom is 0.408 e. The van der Waals surface area contributed by atoms with Crippen LogP contribution >= 0.6 is 23.1 Å². The van der Waals surface area contributed by atoms with E-state index in [1.54, 1.807) is 34.6 Å². The maximum atomic E-state index is 13.2. The lowest BCUT2D eigenvalue weighted by atomic mass is 10.0. The van der Waals surface area contributed by atoms with Crippen LogP contribution in [0, 0.1) is 5.92 Å². The second kappa shape index (κ2) is 14.5. The minimum atomic E-state index is -0.998. The number of carbonyl (C=O) groups is 6. The second-order valence-electron chi connectivity index (χ2n) is 10.7. The summed E-state index contributed by atoms with van der Waals surface area (Å²) in [6.45, 7) is 9.20. The van der Waals surface area contributed by atoms with Gasteiger partial charge in [0.15, 0.2) is 10.8 Å². The van der Waals surface area contributed by atoms with E-state index in [1.807, 2.05) is 0 Å². The van der Waals surface area contributed by atoms with Crippen LogP contribution in [0.15, 0.2) is 22.3 Å². The Morgan fingerprint density at radius 2 is 1.86 bits per heavy atom. The van der Waals surface area contributed by atoms with Crippen LogP contribution in [0.4, 0.5) is 9.93 Å². The van der Waals surface area contributed by atoms with Crippen molar-refractivity contribution in [3.63, 3.8) is 0 Å². The van der Waals surface area contributed by atoms with Gasteiger partial charge in [-0.2, -0.15) is 0 Å². The molecule has 18 heteroatoms. The number of carbonyl (C=O) groups excluding carboxylic acids is 6. The lowest BCUT2D eigenvalue weighted by molar-refractivity contribution is -0.170. The van der Waals surface area contributed by atoms with Crippen molar-refractivity contribution in [2.75, 3.05) is 25.0 Å². The molecule has 0 bridgehead atoms. The summed E-state index contributed by atoms with van der Waals surface area (Å²) in [6, 6.07) is -1.96. The molecule has 3 heterocycles. The first-order chi connectivity index (χ1) is 20.6. The van der Waals surface area contributed by atoms with E-state index in [9.17, 15) is 28.8 Å². The Morgan fingerprint density at radius 3 is 2.50 bits per heavy atom. The minimum absolute atomic E-state index is 0.0223. The van der Waals surface area contributed by atoms with Gasteiger partial charge in [-0.15, -0.1) is 23.1 Å². The smallest absolute Gasteiger partial charge is 0.408 e. The molecule has 0 saturated carbocycles. The fraction of sp³-hybridized carbons (Fsp3) is 0.538. The fourth-order valence-electron chi connectivity index (χ4n) is 3.62. The molecule has 0 unspecified atom stereocenters. The van der Waals surface area contributed by atoms with Crippen LogP contribution in [0.25, 0.3) is 0 Å². The number of nitrogens with one attached hydrogen (secondary N) is 3. The first kappa shape index (κ1) is 34.3. The van der Waals surface area contributed by atoms with E-state index < -0.39 is 71.5 Å². The number of aromatic nitrogens is 1. The number of fused-ring (bicyclic) bond motifs is 1. The molecule has 2 aliphatic heterocycles. The highest BCUT2D eigenvalue weighted by atomic mass is 32.2. The summed E-state index contributed by atoms with van der Waals surface area (Å²) >= 11 is 2.31. The van der Waals surface area contributed by atoms with Crippen LogP contribution in [0.2, 0.25) is 0 Å². The van der Waals surface area contributed by atoms with Crippen molar-refractivity contribution in [3.05, 3.63) is 22.8 Å². The van der Waals surface area contributed by atoms with E-state index in [-0.39, 0.29) is 22.2 Å². The molecule has 1 aromatic rings. The van der Waals surface area contributed by atoms with Gasteiger partial charge in [0.2, 0.25) is 12.7 Å². The van der Waals surface area contributed by atoms with E-state index in [1.165, 1.54) is 42.2 Å². The van der Waals surface area contributed by atoms with Gasteiger partial charge in [0, 0.05) is 11.1 Å². The Kier molecular flexibility index (Phi) is 11.3. The molecule has 1 saturated heterocycles. The average molecular weight is 655 g/mol. The number of alkyl carbamates (subject to hydrolysis) is 1. The van der Waals surface area contributed by atoms with Crippen LogP contribution in [0.1, 0.15) is 47.2 Å². The molecule has 3 N–H and O–H groups in total. The Hall–Kier alpha value is -4.19. The minimum Gasteiger partial charge on any atom is -0.444 e. The number of thioether (sulfide) groups is 1. The Balaban J connectivity index is 1.59. The standard InChI is InChI=1S/C26H34N6O10S2/c1-12(2)22(36)40-11-41-23(37)15-8-9-43-21-17(20(35)32(15)21)29-19(34)16(31-39-7)14-10-44-24(28-14)30-18(33)13(3)27-25(38)42-26(4,5)6/h8,10,12-13,17,21H,9,11H2,1-7H3,(H,27,38)(H,29,34)(H,28,30,33)/b31-16-/t13-,17+,21+/m0/s1. The number of rotatable bonds is 11. The summed E-state index contributed by atoms with van der Waals surface area (Å²) in [5.41, 5.74) is -0.975. The summed E-state index contributed by atoms with van der Waals surface area (Å²) in [5, 5.41) is 12.3. The predicted molar refractivity (Wildman–Crippen MR) is 158 cm³/mol. The van der Waals surface area contributed by atoms with E-state index in [2.05, 4.69) is 26.1 Å². The molecular weight excluding hydrogens is 620 g/mol. The summed E-state index contributed by atoms with van der Waals surface area (Å²) in [4.78, 5) is 85.0. The van der Waals surface area contributed by atoms with Crippen molar-refractivity contribution in [2.24, 2.45) is 11.1 Å². The number of β-lactam (4-membered cyclic amide) rings is 1. The second-order valence-corrected chi connectivity index (χ2v) is 12.7. The summed E-state index contributed by atoms with van der Waals surface area (Å²) < 4.78 is 15.0. The van der Waals surface area contributed by atoms with Crippen molar-refractivity contribution in [3.8, 4) is 0 Å². The topological polar surface area (TPSA) is 204 Å². The number of hydrogen-bond acceptors (Lipinski definition) is 14. The van der Waals surface area contributed by atoms with Crippen molar-refractivity contribution in [1.82, 2.24) is 20.5 Å². The van der Waals surface area contributed by atoms with E-state index in [0.29, 0.717) is 5.75 Å². The quantitative estimate of drug-likeness (QED) is 0.102. The normalized spacial score (nSPS) is 18.6. The Labute approximate surface area is 261 Å². The molecule has 2 aliphatic rings. The van der Waals surface area contributed by atoms with E-state index >= 15 is 0 Å². The van der Waals surface area contributed by atoms with Crippen LogP contribution in [0.3, 0.4) is 0 Å². The summed E-state index contributed by atoms with van der Waals surface area (Å²) in [5.74, 6) is -3.37. The number of hydrogen-bond donors (Lipinski definition) is 3. The Bertz CT molecular complexity index is 1370. The molecule has 3 atom stereocenters. The van der Waals surface area contributed by atoms with Gasteiger partial charge in [0.25, 0.3) is 11.8 Å². The first-order valence-corrected chi connectivity index (χ1v) is 15.2. The van der Waals surface area contributed by atoms with Crippen LogP contribution in [-0.2, 0) is 43.0 Å². The molecule has 16 nitrogen and oxygen atoms in total. The highest BCUT2D eigenvalue weighted by Gasteiger charge is 2.53. The third-order valence-electron chi connectivity index (χ3n) is 5.71. The molecule has 240 valence electrons. The number of amides is 4. The van der Waals surface area contributed by atoms with Gasteiger partial charge in [-0.1, -0.05) is 19.0 Å². The van der Waals surface area contributed by atoms with Gasteiger partial charge >= 0.3 is 18.0 Å². The predicted octanol–water partition coefficient (Wildman–Crippen LogP) is 1.33.